The van der Waals surface area contributed by atoms with Gasteiger partial charge in [-0.25, -0.2) is 9.79 Å². The number of aliphatic imine (C=N–C) groups is 1. The van der Waals surface area contributed by atoms with E-state index in [1.807, 2.05) is 31.2 Å². The Hall–Kier alpha value is -2.68. The van der Waals surface area contributed by atoms with Gasteiger partial charge in [-0.3, -0.25) is 9.69 Å². The molecule has 1 heterocycles. The highest BCUT2D eigenvalue weighted by molar-refractivity contribution is 8.18. The van der Waals surface area contributed by atoms with Gasteiger partial charge in [0, 0.05) is 6.54 Å². The molecule has 7 nitrogen and oxygen atoms in total. The Labute approximate surface area is 206 Å². The third-order valence-electron chi connectivity index (χ3n) is 4.46. The van der Waals surface area contributed by atoms with E-state index in [1.165, 1.54) is 11.8 Å². The topological polar surface area (TPSA) is 77.4 Å². The molecular weight excluding hydrogens is 487 g/mol. The van der Waals surface area contributed by atoms with Crippen molar-refractivity contribution in [2.75, 3.05) is 26.9 Å². The molecule has 0 radical (unpaired) electrons. The van der Waals surface area contributed by atoms with Crippen molar-refractivity contribution in [1.29, 1.82) is 0 Å². The van der Waals surface area contributed by atoms with E-state index in [4.69, 9.17) is 37.4 Å². The molecule has 174 valence electrons. The predicted octanol–water partition coefficient (Wildman–Crippen LogP) is 5.57. The number of hydrogen-bond donors (Lipinski definition) is 0. The molecule has 1 saturated heterocycles. The van der Waals surface area contributed by atoms with Crippen molar-refractivity contribution >= 4 is 63.8 Å². The molecule has 1 amide bonds. The van der Waals surface area contributed by atoms with E-state index in [1.54, 1.807) is 37.1 Å². The number of amides is 1. The van der Waals surface area contributed by atoms with Crippen molar-refractivity contribution in [2.24, 2.45) is 4.99 Å². The summed E-state index contributed by atoms with van der Waals surface area (Å²) in [4.78, 5) is 31.1. The highest BCUT2D eigenvalue weighted by Crippen LogP contribution is 2.38. The van der Waals surface area contributed by atoms with Crippen LogP contribution in [0.1, 0.15) is 19.4 Å². The molecule has 0 aliphatic carbocycles. The zero-order chi connectivity index (χ0) is 24.0. The van der Waals surface area contributed by atoms with Gasteiger partial charge in [0.05, 0.1) is 34.4 Å². The molecular formula is C23H22Cl2N2O5S. The van der Waals surface area contributed by atoms with Crippen molar-refractivity contribution in [2.45, 2.75) is 13.8 Å². The molecule has 2 aromatic carbocycles. The van der Waals surface area contributed by atoms with Crippen molar-refractivity contribution in [1.82, 2.24) is 4.90 Å². The second-order valence-corrected chi connectivity index (χ2v) is 8.48. The fourth-order valence-electron chi connectivity index (χ4n) is 2.92. The molecule has 0 unspecified atom stereocenters. The number of nitrogens with zero attached hydrogens (tertiary/aromatic N) is 2. The third-order valence-corrected chi connectivity index (χ3v) is 6.03. The molecule has 1 aliphatic rings. The Balaban J connectivity index is 1.82. The maximum atomic E-state index is 12.9. The van der Waals surface area contributed by atoms with Crippen molar-refractivity contribution in [3.05, 3.63) is 56.9 Å². The lowest BCUT2D eigenvalue weighted by molar-refractivity contribution is -0.145. The van der Waals surface area contributed by atoms with E-state index in [2.05, 4.69) is 4.99 Å². The highest BCUT2D eigenvalue weighted by Gasteiger charge is 2.32. The monoisotopic (exact) mass is 508 g/mol. The first kappa shape index (κ1) is 25.0. The van der Waals surface area contributed by atoms with E-state index >= 15 is 0 Å². The summed E-state index contributed by atoms with van der Waals surface area (Å²) in [5, 5.41) is 1.01. The standard InChI is InChI=1S/C23H22Cl2N2O5S/c1-4-27-22(29)19(33-23(27)26-15-6-8-16(30-3)9-7-15)12-14-10-17(24)21(18(25)11-14)32-13-20(28)31-5-2/h6-12H,4-5,13H2,1-3H3/b19-12+,26-23?. The van der Waals surface area contributed by atoms with E-state index in [0.29, 0.717) is 27.9 Å². The molecule has 0 aromatic heterocycles. The van der Waals surface area contributed by atoms with Crippen LogP contribution in [0.5, 0.6) is 11.5 Å². The quantitative estimate of drug-likeness (QED) is 0.342. The number of carbonyl (C=O) groups excluding carboxylic acids is 2. The minimum atomic E-state index is -0.521. The number of amidine groups is 1. The van der Waals surface area contributed by atoms with Crippen molar-refractivity contribution in [3.8, 4) is 11.5 Å². The number of ether oxygens (including phenoxy) is 3. The Morgan fingerprint density at radius 3 is 2.39 bits per heavy atom. The first-order valence-corrected chi connectivity index (χ1v) is 11.6. The number of likely N-dealkylation sites (N-methyl/N-ethyl adjacent to an activating group) is 1. The third kappa shape index (κ3) is 6.22. The summed E-state index contributed by atoms with van der Waals surface area (Å²) in [6.45, 7) is 4.00. The van der Waals surface area contributed by atoms with Crippen LogP contribution in [0.25, 0.3) is 6.08 Å². The lowest BCUT2D eigenvalue weighted by Crippen LogP contribution is -2.28. The van der Waals surface area contributed by atoms with Gasteiger partial charge in [0.25, 0.3) is 5.91 Å². The Morgan fingerprint density at radius 1 is 1.15 bits per heavy atom. The smallest absolute Gasteiger partial charge is 0.344 e. The average molecular weight is 509 g/mol. The van der Waals surface area contributed by atoms with Gasteiger partial charge in [-0.2, -0.15) is 0 Å². The van der Waals surface area contributed by atoms with E-state index in [9.17, 15) is 9.59 Å². The van der Waals surface area contributed by atoms with Crippen molar-refractivity contribution in [3.63, 3.8) is 0 Å². The number of benzene rings is 2. The molecule has 10 heteroatoms. The number of carbonyl (C=O) groups is 2. The Morgan fingerprint density at radius 2 is 1.82 bits per heavy atom. The fourth-order valence-corrected chi connectivity index (χ4v) is 4.60. The molecule has 2 aromatic rings. The summed E-state index contributed by atoms with van der Waals surface area (Å²) in [6.07, 6.45) is 1.69. The number of rotatable bonds is 8. The van der Waals surface area contributed by atoms with Crippen LogP contribution in [0.4, 0.5) is 5.69 Å². The number of esters is 1. The van der Waals surface area contributed by atoms with Gasteiger partial charge in [0.1, 0.15) is 5.75 Å². The average Bonchev–Trinajstić information content (AvgIpc) is 3.07. The summed E-state index contributed by atoms with van der Waals surface area (Å²) in [7, 11) is 1.60. The molecule has 3 rings (SSSR count). The SMILES string of the molecule is CCOC(=O)COc1c(Cl)cc(/C=C2/SC(=Nc3ccc(OC)cc3)N(CC)C2=O)cc1Cl. The first-order valence-electron chi connectivity index (χ1n) is 10.1. The summed E-state index contributed by atoms with van der Waals surface area (Å²) in [5.41, 5.74) is 1.33. The zero-order valence-electron chi connectivity index (χ0n) is 18.3. The van der Waals surface area contributed by atoms with Crippen molar-refractivity contribution < 1.29 is 23.8 Å². The first-order chi connectivity index (χ1) is 15.9. The van der Waals surface area contributed by atoms with Gasteiger partial charge < -0.3 is 14.2 Å². The van der Waals surface area contributed by atoms with Crippen LogP contribution in [0.3, 0.4) is 0 Å². The van der Waals surface area contributed by atoms with Crippen LogP contribution in [-0.2, 0) is 14.3 Å². The molecule has 1 aliphatic heterocycles. The van der Waals surface area contributed by atoms with E-state index < -0.39 is 5.97 Å². The van der Waals surface area contributed by atoms with Crippen LogP contribution >= 0.6 is 35.0 Å². The minimum absolute atomic E-state index is 0.162. The van der Waals surface area contributed by atoms with E-state index in [-0.39, 0.29) is 34.9 Å². The molecule has 0 bridgehead atoms. The summed E-state index contributed by atoms with van der Waals surface area (Å²) in [6, 6.07) is 10.5. The minimum Gasteiger partial charge on any atom is -0.497 e. The maximum Gasteiger partial charge on any atom is 0.344 e. The fraction of sp³-hybridized carbons (Fsp3) is 0.261. The van der Waals surface area contributed by atoms with Crippen LogP contribution in [-0.4, -0.2) is 48.8 Å². The molecule has 1 fully saturated rings. The second kappa shape index (κ2) is 11.4. The lowest BCUT2D eigenvalue weighted by atomic mass is 10.2. The number of methoxy groups -OCH3 is 1. The maximum absolute atomic E-state index is 12.9. The number of halogens is 2. The summed E-state index contributed by atoms with van der Waals surface area (Å²) in [5.74, 6) is 0.220. The van der Waals surface area contributed by atoms with Gasteiger partial charge >= 0.3 is 5.97 Å². The van der Waals surface area contributed by atoms with Gasteiger partial charge in [0.15, 0.2) is 17.5 Å². The van der Waals surface area contributed by atoms with Gasteiger partial charge in [-0.1, -0.05) is 23.2 Å². The lowest BCUT2D eigenvalue weighted by Gasteiger charge is -2.12. The largest absolute Gasteiger partial charge is 0.497 e. The van der Waals surface area contributed by atoms with Crippen LogP contribution in [0.2, 0.25) is 10.0 Å². The summed E-state index contributed by atoms with van der Waals surface area (Å²) >= 11 is 13.9. The van der Waals surface area contributed by atoms with Gasteiger partial charge in [-0.05, 0) is 73.6 Å². The highest BCUT2D eigenvalue weighted by atomic mass is 35.5. The van der Waals surface area contributed by atoms with Gasteiger partial charge in [0.2, 0.25) is 0 Å². The van der Waals surface area contributed by atoms with Crippen LogP contribution in [0, 0.1) is 0 Å². The molecule has 0 saturated carbocycles. The van der Waals surface area contributed by atoms with Crippen LogP contribution < -0.4 is 9.47 Å². The molecule has 0 atom stereocenters. The predicted molar refractivity (Wildman–Crippen MR) is 132 cm³/mol. The molecule has 33 heavy (non-hydrogen) atoms. The normalized spacial score (nSPS) is 15.9. The molecule has 0 spiro atoms. The zero-order valence-corrected chi connectivity index (χ0v) is 20.6. The number of thioether (sulfide) groups is 1. The number of hydrogen-bond acceptors (Lipinski definition) is 7. The van der Waals surface area contributed by atoms with E-state index in [0.717, 1.165) is 5.75 Å². The van der Waals surface area contributed by atoms with Gasteiger partial charge in [-0.15, -0.1) is 0 Å². The van der Waals surface area contributed by atoms with Crippen LogP contribution in [0.15, 0.2) is 46.3 Å². The Bertz CT molecular complexity index is 1080. The Kier molecular flexibility index (Phi) is 8.66. The second-order valence-electron chi connectivity index (χ2n) is 6.66. The molecule has 0 N–H and O–H groups in total. The summed E-state index contributed by atoms with van der Waals surface area (Å²) < 4.78 is 15.4.